The Morgan fingerprint density at radius 3 is 2.68 bits per heavy atom. The summed E-state index contributed by atoms with van der Waals surface area (Å²) in [6.07, 6.45) is 6.37. The summed E-state index contributed by atoms with van der Waals surface area (Å²) in [4.78, 5) is 12.3. The van der Waals surface area contributed by atoms with Crippen molar-refractivity contribution in [1.82, 2.24) is 4.57 Å². The normalized spacial score (nSPS) is 12.2. The number of aromatic nitrogens is 1. The molecule has 0 bridgehead atoms. The van der Waals surface area contributed by atoms with Crippen LogP contribution in [0.5, 0.6) is 17.2 Å². The van der Waals surface area contributed by atoms with Gasteiger partial charge in [0.25, 0.3) is 5.56 Å². The van der Waals surface area contributed by atoms with Crippen LogP contribution in [0.3, 0.4) is 0 Å². The number of rotatable bonds is 3. The summed E-state index contributed by atoms with van der Waals surface area (Å²) in [7, 11) is 1.74. The maximum atomic E-state index is 12.3. The van der Waals surface area contributed by atoms with Crippen molar-refractivity contribution in [2.24, 2.45) is 7.05 Å². The molecule has 2 aromatic carbocycles. The second kappa shape index (κ2) is 5.98. The Labute approximate surface area is 145 Å². The van der Waals surface area contributed by atoms with Gasteiger partial charge in [-0.3, -0.25) is 4.79 Å². The third kappa shape index (κ3) is 2.72. The molecule has 3 aromatic rings. The first-order valence-corrected chi connectivity index (χ1v) is 8.09. The number of phenolic OH excluding ortho intramolecular Hbond substituents is 1. The average molecular weight is 331 g/mol. The molecule has 0 spiro atoms. The van der Waals surface area contributed by atoms with Gasteiger partial charge < -0.3 is 14.4 Å². The van der Waals surface area contributed by atoms with Crippen molar-refractivity contribution in [3.8, 4) is 28.4 Å². The molecule has 0 aliphatic heterocycles. The smallest absolute Gasteiger partial charge is 0.254 e. The van der Waals surface area contributed by atoms with Gasteiger partial charge in [-0.1, -0.05) is 30.4 Å². The Hall–Kier alpha value is -3.27. The quantitative estimate of drug-likeness (QED) is 0.785. The van der Waals surface area contributed by atoms with Crippen molar-refractivity contribution in [2.45, 2.75) is 6.42 Å². The van der Waals surface area contributed by atoms with Crippen LogP contribution in [0.25, 0.3) is 17.2 Å². The van der Waals surface area contributed by atoms with E-state index in [0.29, 0.717) is 17.9 Å². The lowest BCUT2D eigenvalue weighted by Crippen LogP contribution is -2.21. The van der Waals surface area contributed by atoms with Gasteiger partial charge in [0, 0.05) is 29.9 Å². The zero-order valence-electron chi connectivity index (χ0n) is 13.8. The fourth-order valence-corrected chi connectivity index (χ4v) is 3.14. The SMILES string of the molecule is Cn1cc(-c2cc(O)ccc2Oc2ccccc2)c2c(c1=O)CC=C2. The highest BCUT2D eigenvalue weighted by atomic mass is 16.5. The number of phenols is 1. The van der Waals surface area contributed by atoms with Gasteiger partial charge >= 0.3 is 0 Å². The molecule has 1 aliphatic carbocycles. The first kappa shape index (κ1) is 15.3. The minimum atomic E-state index is 0.00873. The topological polar surface area (TPSA) is 51.5 Å². The van der Waals surface area contributed by atoms with E-state index < -0.39 is 0 Å². The van der Waals surface area contributed by atoms with Gasteiger partial charge in [0.15, 0.2) is 0 Å². The number of aromatic hydroxyl groups is 1. The first-order valence-electron chi connectivity index (χ1n) is 8.09. The zero-order valence-corrected chi connectivity index (χ0v) is 13.8. The van der Waals surface area contributed by atoms with Crippen LogP contribution in [0.4, 0.5) is 0 Å². The maximum absolute atomic E-state index is 12.3. The summed E-state index contributed by atoms with van der Waals surface area (Å²) < 4.78 is 7.61. The number of aryl methyl sites for hydroxylation is 1. The average Bonchev–Trinajstić information content (AvgIpc) is 3.11. The van der Waals surface area contributed by atoms with E-state index in [-0.39, 0.29) is 11.3 Å². The predicted molar refractivity (Wildman–Crippen MR) is 98.0 cm³/mol. The second-order valence-electron chi connectivity index (χ2n) is 6.05. The van der Waals surface area contributed by atoms with Crippen LogP contribution >= 0.6 is 0 Å². The Morgan fingerprint density at radius 2 is 1.88 bits per heavy atom. The van der Waals surface area contributed by atoms with Crippen molar-refractivity contribution in [1.29, 1.82) is 0 Å². The fraction of sp³-hybridized carbons (Fsp3) is 0.0952. The molecule has 0 radical (unpaired) electrons. The highest BCUT2D eigenvalue weighted by Crippen LogP contribution is 2.39. The molecule has 0 unspecified atom stereocenters. The summed E-state index contributed by atoms with van der Waals surface area (Å²) in [5, 5.41) is 10.00. The highest BCUT2D eigenvalue weighted by molar-refractivity contribution is 5.82. The van der Waals surface area contributed by atoms with E-state index in [9.17, 15) is 9.90 Å². The highest BCUT2D eigenvalue weighted by Gasteiger charge is 2.19. The van der Waals surface area contributed by atoms with Crippen LogP contribution in [-0.4, -0.2) is 9.67 Å². The number of nitrogens with zero attached hydrogens (tertiary/aromatic N) is 1. The van der Waals surface area contributed by atoms with Gasteiger partial charge in [-0.05, 0) is 42.3 Å². The molecular formula is C21H17NO3. The Balaban J connectivity index is 1.91. The third-order valence-corrected chi connectivity index (χ3v) is 4.35. The van der Waals surface area contributed by atoms with E-state index in [0.717, 1.165) is 22.3 Å². The molecule has 1 N–H and O–H groups in total. The van der Waals surface area contributed by atoms with Crippen molar-refractivity contribution >= 4 is 6.08 Å². The van der Waals surface area contributed by atoms with Crippen LogP contribution in [-0.2, 0) is 13.5 Å². The first-order chi connectivity index (χ1) is 12.1. The molecule has 124 valence electrons. The molecule has 4 heteroatoms. The Bertz CT molecular complexity index is 1030. The van der Waals surface area contributed by atoms with E-state index >= 15 is 0 Å². The summed E-state index contributed by atoms with van der Waals surface area (Å²) in [6.45, 7) is 0. The van der Waals surface area contributed by atoms with Gasteiger partial charge in [0.1, 0.15) is 17.2 Å². The molecule has 4 rings (SSSR count). The molecule has 1 aromatic heterocycles. The number of allylic oxidation sites excluding steroid dienone is 1. The standard InChI is InChI=1S/C21H17NO3/c1-22-13-19(16-8-5-9-17(16)21(22)24)18-12-14(23)10-11-20(18)25-15-6-3-2-4-7-15/h2-8,10-13,23H,9H2,1H3. The summed E-state index contributed by atoms with van der Waals surface area (Å²) >= 11 is 0. The van der Waals surface area contributed by atoms with Crippen molar-refractivity contribution in [3.63, 3.8) is 0 Å². The Kier molecular flexibility index (Phi) is 3.65. The fourth-order valence-electron chi connectivity index (χ4n) is 3.14. The molecule has 0 amide bonds. The number of para-hydroxylation sites is 1. The van der Waals surface area contributed by atoms with Crippen molar-refractivity contribution < 1.29 is 9.84 Å². The van der Waals surface area contributed by atoms with Crippen LogP contribution in [0.2, 0.25) is 0 Å². The summed E-state index contributed by atoms with van der Waals surface area (Å²) in [5.41, 5.74) is 3.30. The third-order valence-electron chi connectivity index (χ3n) is 4.35. The number of fused-ring (bicyclic) bond motifs is 1. The van der Waals surface area contributed by atoms with Gasteiger partial charge in [-0.25, -0.2) is 0 Å². The number of ether oxygens (including phenoxy) is 1. The summed E-state index contributed by atoms with van der Waals surface area (Å²) in [5.74, 6) is 1.50. The number of benzene rings is 2. The number of hydrogen-bond donors (Lipinski definition) is 1. The van der Waals surface area contributed by atoms with Crippen molar-refractivity contribution in [2.75, 3.05) is 0 Å². The lowest BCUT2D eigenvalue weighted by atomic mass is 9.98. The van der Waals surface area contributed by atoms with Gasteiger partial charge in [0.2, 0.25) is 0 Å². The molecule has 1 heterocycles. The Morgan fingerprint density at radius 1 is 1.08 bits per heavy atom. The maximum Gasteiger partial charge on any atom is 0.254 e. The minimum Gasteiger partial charge on any atom is -0.508 e. The zero-order chi connectivity index (χ0) is 17.4. The molecule has 0 saturated carbocycles. The van der Waals surface area contributed by atoms with E-state index in [2.05, 4.69) is 0 Å². The molecular weight excluding hydrogens is 314 g/mol. The van der Waals surface area contributed by atoms with Crippen LogP contribution < -0.4 is 10.3 Å². The molecule has 0 atom stereocenters. The van der Waals surface area contributed by atoms with Gasteiger partial charge in [-0.15, -0.1) is 0 Å². The predicted octanol–water partition coefficient (Wildman–Crippen LogP) is 4.12. The van der Waals surface area contributed by atoms with Gasteiger partial charge in [-0.2, -0.15) is 0 Å². The monoisotopic (exact) mass is 331 g/mol. The second-order valence-corrected chi connectivity index (χ2v) is 6.05. The van der Waals surface area contributed by atoms with E-state index in [4.69, 9.17) is 4.74 Å². The molecule has 0 fully saturated rings. The van der Waals surface area contributed by atoms with Crippen LogP contribution in [0.15, 0.2) is 65.6 Å². The van der Waals surface area contributed by atoms with E-state index in [1.807, 2.05) is 42.5 Å². The molecule has 1 aliphatic rings. The van der Waals surface area contributed by atoms with E-state index in [1.54, 1.807) is 36.0 Å². The minimum absolute atomic E-state index is 0.00873. The lowest BCUT2D eigenvalue weighted by molar-refractivity contribution is 0.465. The molecule has 4 nitrogen and oxygen atoms in total. The number of pyridine rings is 1. The van der Waals surface area contributed by atoms with Crippen LogP contribution in [0, 0.1) is 0 Å². The largest absolute Gasteiger partial charge is 0.508 e. The van der Waals surface area contributed by atoms with E-state index in [1.165, 1.54) is 0 Å². The molecule has 25 heavy (non-hydrogen) atoms. The summed E-state index contributed by atoms with van der Waals surface area (Å²) in [6, 6.07) is 14.5. The van der Waals surface area contributed by atoms with Crippen molar-refractivity contribution in [3.05, 3.63) is 82.3 Å². The molecule has 0 saturated heterocycles. The number of hydrogen-bond acceptors (Lipinski definition) is 3. The lowest BCUT2D eigenvalue weighted by Gasteiger charge is -2.15. The van der Waals surface area contributed by atoms with Gasteiger partial charge in [0.05, 0.1) is 0 Å². The van der Waals surface area contributed by atoms with Crippen LogP contribution in [0.1, 0.15) is 11.1 Å².